The number of esters is 1. The normalized spacial score (nSPS) is 13.7. The Kier molecular flexibility index (Phi) is 69.7. The van der Waals surface area contributed by atoms with Crippen molar-refractivity contribution in [2.24, 2.45) is 0 Å². The summed E-state index contributed by atoms with van der Waals surface area (Å²) in [7, 11) is 1.51. The molecule has 1 amide bonds. The van der Waals surface area contributed by atoms with Gasteiger partial charge in [-0.25, -0.2) is 4.57 Å². The van der Waals surface area contributed by atoms with Gasteiger partial charge in [0.25, 0.3) is 0 Å². The summed E-state index contributed by atoms with van der Waals surface area (Å²) < 4.78 is 30.9. The lowest BCUT2D eigenvalue weighted by molar-refractivity contribution is -0.870. The van der Waals surface area contributed by atoms with Crippen molar-refractivity contribution in [3.05, 3.63) is 60.8 Å². The van der Waals surface area contributed by atoms with Crippen molar-refractivity contribution in [3.8, 4) is 0 Å². The molecule has 10 heteroatoms. The fraction of sp³-hybridized carbons (Fsp3) is 0.854. The number of quaternary nitrogens is 1. The van der Waals surface area contributed by atoms with Crippen LogP contribution in [0.4, 0.5) is 0 Å². The van der Waals surface area contributed by atoms with Gasteiger partial charge in [0.2, 0.25) is 5.91 Å². The average Bonchev–Trinajstić information content (AvgIpc) is 3.69. The minimum absolute atomic E-state index is 0.0406. The molecule has 3 atom stereocenters. The van der Waals surface area contributed by atoms with E-state index < -0.39 is 20.0 Å². The maximum absolute atomic E-state index is 13.7. The van der Waals surface area contributed by atoms with E-state index in [0.29, 0.717) is 23.9 Å². The maximum atomic E-state index is 13.7. The van der Waals surface area contributed by atoms with Crippen LogP contribution in [0.15, 0.2) is 60.8 Å². The minimum Gasteiger partial charge on any atom is -0.456 e. The molecule has 0 aliphatic rings. The molecular weight excluding hydrogens is 1160 g/mol. The molecule has 0 saturated heterocycles. The Balaban J connectivity index is 4.90. The molecule has 540 valence electrons. The van der Waals surface area contributed by atoms with Gasteiger partial charge >= 0.3 is 13.8 Å². The van der Waals surface area contributed by atoms with Crippen LogP contribution in [-0.4, -0.2) is 74.3 Å². The SMILES string of the molecule is CCCCC/C=C\C/C=C\C/C=C\C/C=C\CCCCCCCCCCCCCC(=O)NC(COP(=O)(O)OCC[N+](C)(C)C)C(/C=C/CCCCCCCCCCCC)OC(=O)CCCCCCCCCCCCCCCCCCCCCCCCCCCCC. The maximum Gasteiger partial charge on any atom is 0.472 e. The van der Waals surface area contributed by atoms with E-state index in [4.69, 9.17) is 13.8 Å². The quantitative estimate of drug-likeness (QED) is 0.0205. The Morgan fingerprint density at radius 2 is 0.663 bits per heavy atom. The van der Waals surface area contributed by atoms with Crippen LogP contribution in [0.1, 0.15) is 400 Å². The second kappa shape index (κ2) is 71.5. The van der Waals surface area contributed by atoms with Gasteiger partial charge in [-0.3, -0.25) is 18.6 Å². The number of carbonyl (C=O) groups excluding carboxylic acids is 2. The van der Waals surface area contributed by atoms with Gasteiger partial charge in [-0.2, -0.15) is 0 Å². The van der Waals surface area contributed by atoms with Crippen LogP contribution < -0.4 is 5.32 Å². The first-order valence-corrected chi connectivity index (χ1v) is 41.6. The summed E-state index contributed by atoms with van der Waals surface area (Å²) in [5.74, 6) is -0.489. The Labute approximate surface area is 572 Å². The number of hydrogen-bond acceptors (Lipinski definition) is 6. The number of rotatable bonds is 74. The highest BCUT2D eigenvalue weighted by Crippen LogP contribution is 2.43. The first-order chi connectivity index (χ1) is 44.9. The number of amides is 1. The third-order valence-electron chi connectivity index (χ3n) is 18.2. The smallest absolute Gasteiger partial charge is 0.456 e. The van der Waals surface area contributed by atoms with Crippen molar-refractivity contribution in [1.82, 2.24) is 5.32 Å². The van der Waals surface area contributed by atoms with E-state index in [0.717, 1.165) is 77.0 Å². The summed E-state index contributed by atoms with van der Waals surface area (Å²) >= 11 is 0. The van der Waals surface area contributed by atoms with Crippen LogP contribution in [-0.2, 0) is 27.9 Å². The summed E-state index contributed by atoms with van der Waals surface area (Å²) in [4.78, 5) is 38.0. The summed E-state index contributed by atoms with van der Waals surface area (Å²) in [6, 6.07) is -0.851. The number of phosphoric acid groups is 1. The standard InChI is InChI=1S/C82H155N2O7P/c1-7-10-13-16-19-22-25-28-30-32-34-36-38-40-42-44-46-48-50-52-54-56-59-62-65-68-71-74-81(85)83-79(78-90-92(87,88)89-77-76-84(4,5)6)80(73-70-67-64-61-58-27-24-21-18-15-12-9-3)91-82(86)75-72-69-66-63-60-57-55-53-51-49-47-45-43-41-39-37-35-33-31-29-26-23-20-17-14-11-8-2/h19,22,28,30,34,36,40,42,70,73,79-80H,7-18,20-21,23-27,29,31-33,35,37-39,41,43-69,71-72,74-78H2,1-6H3,(H-,83,85,87,88)/p+1/b22-19-,30-28-,36-34-,42-40-,73-70+. The molecule has 0 spiro atoms. The first kappa shape index (κ1) is 89.7. The van der Waals surface area contributed by atoms with Crippen molar-refractivity contribution in [1.29, 1.82) is 0 Å². The molecule has 0 bridgehead atoms. The summed E-state index contributed by atoms with van der Waals surface area (Å²) in [5.41, 5.74) is 0. The minimum atomic E-state index is -4.46. The van der Waals surface area contributed by atoms with E-state index in [9.17, 15) is 19.0 Å². The summed E-state index contributed by atoms with van der Waals surface area (Å²) in [6.45, 7) is 7.05. The molecule has 0 aromatic carbocycles. The average molecular weight is 1310 g/mol. The van der Waals surface area contributed by atoms with Crippen LogP contribution in [0.25, 0.3) is 0 Å². The molecule has 0 radical (unpaired) electrons. The van der Waals surface area contributed by atoms with Crippen LogP contribution in [0.3, 0.4) is 0 Å². The topological polar surface area (TPSA) is 111 Å². The number of likely N-dealkylation sites (N-methyl/N-ethyl adjacent to an activating group) is 1. The molecular formula is C82H156N2O7P+. The zero-order chi connectivity index (χ0) is 67.0. The molecule has 0 rings (SSSR count). The summed E-state index contributed by atoms with van der Waals surface area (Å²) in [6.07, 6.45) is 94.0. The Bertz CT molecular complexity index is 1760. The predicted octanol–water partition coefficient (Wildman–Crippen LogP) is 26.1. The molecule has 0 saturated carbocycles. The highest BCUT2D eigenvalue weighted by Gasteiger charge is 2.30. The monoisotopic (exact) mass is 1310 g/mol. The molecule has 9 nitrogen and oxygen atoms in total. The van der Waals surface area contributed by atoms with E-state index in [1.165, 1.54) is 289 Å². The van der Waals surface area contributed by atoms with E-state index >= 15 is 0 Å². The third-order valence-corrected chi connectivity index (χ3v) is 19.2. The molecule has 2 N–H and O–H groups in total. The Morgan fingerprint density at radius 1 is 0.380 bits per heavy atom. The lowest BCUT2D eigenvalue weighted by Gasteiger charge is -2.27. The number of nitrogens with one attached hydrogen (secondary N) is 1. The number of hydrogen-bond donors (Lipinski definition) is 2. The highest BCUT2D eigenvalue weighted by atomic mass is 31.2. The predicted molar refractivity (Wildman–Crippen MR) is 402 cm³/mol. The van der Waals surface area contributed by atoms with Crippen LogP contribution >= 0.6 is 7.82 Å². The van der Waals surface area contributed by atoms with Crippen LogP contribution in [0, 0.1) is 0 Å². The Morgan fingerprint density at radius 3 is 1.01 bits per heavy atom. The number of ether oxygens (including phenoxy) is 1. The Hall–Kier alpha value is -2.29. The van der Waals surface area contributed by atoms with Gasteiger partial charge in [0, 0.05) is 12.8 Å². The van der Waals surface area contributed by atoms with E-state index in [1.807, 2.05) is 27.2 Å². The van der Waals surface area contributed by atoms with Gasteiger partial charge in [-0.1, -0.05) is 371 Å². The third kappa shape index (κ3) is 72.0. The van der Waals surface area contributed by atoms with E-state index in [1.54, 1.807) is 0 Å². The lowest BCUT2D eigenvalue weighted by Crippen LogP contribution is -2.47. The van der Waals surface area contributed by atoms with Gasteiger partial charge in [-0.15, -0.1) is 0 Å². The van der Waals surface area contributed by atoms with Gasteiger partial charge in [0.15, 0.2) is 0 Å². The number of nitrogens with zero attached hydrogens (tertiary/aromatic N) is 1. The molecule has 0 fully saturated rings. The lowest BCUT2D eigenvalue weighted by atomic mass is 10.0. The van der Waals surface area contributed by atoms with Crippen LogP contribution in [0.5, 0.6) is 0 Å². The molecule has 0 aliphatic heterocycles. The zero-order valence-electron chi connectivity index (χ0n) is 62.1. The van der Waals surface area contributed by atoms with Gasteiger partial charge < -0.3 is 19.4 Å². The highest BCUT2D eigenvalue weighted by molar-refractivity contribution is 7.47. The van der Waals surface area contributed by atoms with Crippen molar-refractivity contribution in [2.45, 2.75) is 412 Å². The molecule has 0 heterocycles. The van der Waals surface area contributed by atoms with Crippen molar-refractivity contribution >= 4 is 19.7 Å². The molecule has 0 aromatic rings. The number of carbonyl (C=O) groups is 2. The number of unbranched alkanes of at least 4 members (excludes halogenated alkanes) is 50. The van der Waals surface area contributed by atoms with Crippen LogP contribution in [0.2, 0.25) is 0 Å². The zero-order valence-corrected chi connectivity index (χ0v) is 63.0. The first-order valence-electron chi connectivity index (χ1n) is 40.1. The van der Waals surface area contributed by atoms with E-state index in [-0.39, 0.29) is 25.1 Å². The van der Waals surface area contributed by atoms with Gasteiger partial charge in [-0.05, 0) is 76.7 Å². The van der Waals surface area contributed by atoms with Crippen molar-refractivity contribution in [2.75, 3.05) is 40.9 Å². The molecule has 3 unspecified atom stereocenters. The van der Waals surface area contributed by atoms with E-state index in [2.05, 4.69) is 80.8 Å². The largest absolute Gasteiger partial charge is 0.472 e. The molecule has 0 aliphatic carbocycles. The fourth-order valence-electron chi connectivity index (χ4n) is 12.0. The number of phosphoric ester groups is 1. The second-order valence-electron chi connectivity index (χ2n) is 28.6. The number of allylic oxidation sites excluding steroid dienone is 9. The summed E-state index contributed by atoms with van der Waals surface area (Å²) in [5, 5.41) is 3.08. The molecule has 92 heavy (non-hydrogen) atoms. The van der Waals surface area contributed by atoms with Crippen molar-refractivity contribution < 1.29 is 37.3 Å². The second-order valence-corrected chi connectivity index (χ2v) is 30.1. The van der Waals surface area contributed by atoms with Gasteiger partial charge in [0.1, 0.15) is 19.3 Å². The van der Waals surface area contributed by atoms with Crippen molar-refractivity contribution in [3.63, 3.8) is 0 Å². The molecule has 0 aromatic heterocycles. The van der Waals surface area contributed by atoms with Gasteiger partial charge in [0.05, 0.1) is 33.8 Å². The fourth-order valence-corrected chi connectivity index (χ4v) is 12.8.